The molecular formula is C16H16N4O3S. The van der Waals surface area contributed by atoms with E-state index in [1.807, 2.05) is 0 Å². The molecule has 1 saturated carbocycles. The quantitative estimate of drug-likeness (QED) is 0.758. The normalized spacial score (nSPS) is 15.3. The molecule has 2 aromatic heterocycles. The summed E-state index contributed by atoms with van der Waals surface area (Å²) in [5.41, 5.74) is 0.376. The van der Waals surface area contributed by atoms with Gasteiger partial charge in [0.15, 0.2) is 0 Å². The van der Waals surface area contributed by atoms with Crippen molar-refractivity contribution in [2.24, 2.45) is 0 Å². The first-order valence-corrected chi connectivity index (χ1v) is 9.21. The van der Waals surface area contributed by atoms with Gasteiger partial charge in [0.2, 0.25) is 5.56 Å². The SMILES string of the molecule is O=c1ccc2cc(S(=O)(=O)Nc3ccnn3C3CCC3)ccc2[nH]1. The predicted octanol–water partition coefficient (Wildman–Crippen LogP) is 2.25. The second kappa shape index (κ2) is 5.48. The molecule has 0 amide bonds. The van der Waals surface area contributed by atoms with Crippen molar-refractivity contribution in [3.05, 3.63) is 52.9 Å². The van der Waals surface area contributed by atoms with Crippen LogP contribution in [0, 0.1) is 0 Å². The number of anilines is 1. The number of H-pyrrole nitrogens is 1. The van der Waals surface area contributed by atoms with Crippen LogP contribution >= 0.6 is 0 Å². The van der Waals surface area contributed by atoms with Gasteiger partial charge in [-0.1, -0.05) is 0 Å². The van der Waals surface area contributed by atoms with E-state index in [0.717, 1.165) is 19.3 Å². The maximum absolute atomic E-state index is 12.7. The molecule has 124 valence electrons. The largest absolute Gasteiger partial charge is 0.322 e. The first-order valence-electron chi connectivity index (χ1n) is 7.72. The minimum atomic E-state index is -3.73. The zero-order valence-corrected chi connectivity index (χ0v) is 13.6. The second-order valence-electron chi connectivity index (χ2n) is 5.92. The summed E-state index contributed by atoms with van der Waals surface area (Å²) >= 11 is 0. The molecule has 2 N–H and O–H groups in total. The number of aromatic nitrogens is 3. The average Bonchev–Trinajstić information content (AvgIpc) is 2.92. The van der Waals surface area contributed by atoms with Gasteiger partial charge in [0.1, 0.15) is 5.82 Å². The van der Waals surface area contributed by atoms with Gasteiger partial charge in [-0.2, -0.15) is 5.10 Å². The molecule has 3 aromatic rings. The maximum Gasteiger partial charge on any atom is 0.263 e. The molecular weight excluding hydrogens is 328 g/mol. The smallest absolute Gasteiger partial charge is 0.263 e. The number of benzene rings is 1. The van der Waals surface area contributed by atoms with Crippen LogP contribution < -0.4 is 10.3 Å². The van der Waals surface area contributed by atoms with Gasteiger partial charge in [-0.15, -0.1) is 0 Å². The molecule has 0 saturated heterocycles. The number of sulfonamides is 1. The Morgan fingerprint density at radius 3 is 2.75 bits per heavy atom. The van der Waals surface area contributed by atoms with Crippen molar-refractivity contribution in [3.8, 4) is 0 Å². The summed E-state index contributed by atoms with van der Waals surface area (Å²) in [6, 6.07) is 9.51. The number of rotatable bonds is 4. The molecule has 0 spiro atoms. The Bertz CT molecular complexity index is 1060. The minimum Gasteiger partial charge on any atom is -0.322 e. The van der Waals surface area contributed by atoms with Crippen LogP contribution in [-0.4, -0.2) is 23.2 Å². The van der Waals surface area contributed by atoms with Crippen molar-refractivity contribution in [1.29, 1.82) is 0 Å². The van der Waals surface area contributed by atoms with Crippen LogP contribution in [0.3, 0.4) is 0 Å². The van der Waals surface area contributed by atoms with E-state index in [9.17, 15) is 13.2 Å². The first kappa shape index (κ1) is 14.9. The number of nitrogens with zero attached hydrogens (tertiary/aromatic N) is 2. The third-order valence-electron chi connectivity index (χ3n) is 4.34. The Morgan fingerprint density at radius 2 is 2.00 bits per heavy atom. The van der Waals surface area contributed by atoms with E-state index in [2.05, 4.69) is 14.8 Å². The third-order valence-corrected chi connectivity index (χ3v) is 5.69. The summed E-state index contributed by atoms with van der Waals surface area (Å²) in [5.74, 6) is 0.473. The maximum atomic E-state index is 12.7. The van der Waals surface area contributed by atoms with Crippen LogP contribution in [0.25, 0.3) is 10.9 Å². The zero-order chi connectivity index (χ0) is 16.7. The summed E-state index contributed by atoms with van der Waals surface area (Å²) in [6.07, 6.45) is 4.76. The van der Waals surface area contributed by atoms with Crippen LogP contribution in [0.2, 0.25) is 0 Å². The van der Waals surface area contributed by atoms with Crippen LogP contribution in [0.4, 0.5) is 5.82 Å². The van der Waals surface area contributed by atoms with Gasteiger partial charge in [-0.3, -0.25) is 9.52 Å². The van der Waals surface area contributed by atoms with E-state index in [1.54, 1.807) is 29.1 Å². The van der Waals surface area contributed by atoms with Crippen molar-refractivity contribution in [2.45, 2.75) is 30.2 Å². The molecule has 0 radical (unpaired) electrons. The van der Waals surface area contributed by atoms with Crippen LogP contribution in [-0.2, 0) is 10.0 Å². The molecule has 1 aromatic carbocycles. The van der Waals surface area contributed by atoms with Gasteiger partial charge in [-0.25, -0.2) is 13.1 Å². The first-order chi connectivity index (χ1) is 11.5. The third kappa shape index (κ3) is 2.58. The Balaban J connectivity index is 1.69. The lowest BCUT2D eigenvalue weighted by Gasteiger charge is -2.27. The highest BCUT2D eigenvalue weighted by molar-refractivity contribution is 7.92. The average molecular weight is 344 g/mol. The highest BCUT2D eigenvalue weighted by Crippen LogP contribution is 2.33. The molecule has 2 heterocycles. The van der Waals surface area contributed by atoms with Gasteiger partial charge in [-0.05, 0) is 48.9 Å². The fourth-order valence-electron chi connectivity index (χ4n) is 2.81. The monoisotopic (exact) mass is 344 g/mol. The molecule has 0 unspecified atom stereocenters. The van der Waals surface area contributed by atoms with Crippen molar-refractivity contribution in [2.75, 3.05) is 4.72 Å². The fourth-order valence-corrected chi connectivity index (χ4v) is 3.90. The standard InChI is InChI=1S/C16H16N4O3S/c21-16-7-4-11-10-13(5-6-14(11)18-16)24(22,23)19-15-8-9-17-20(15)12-2-1-3-12/h4-10,12,19H,1-3H2,(H,18,21). The summed E-state index contributed by atoms with van der Waals surface area (Å²) < 4.78 is 29.7. The zero-order valence-electron chi connectivity index (χ0n) is 12.8. The topological polar surface area (TPSA) is 96.8 Å². The molecule has 1 aliphatic rings. The summed E-state index contributed by atoms with van der Waals surface area (Å²) in [7, 11) is -3.73. The van der Waals surface area contributed by atoms with Gasteiger partial charge < -0.3 is 4.98 Å². The molecule has 24 heavy (non-hydrogen) atoms. The lowest BCUT2D eigenvalue weighted by Crippen LogP contribution is -2.22. The van der Waals surface area contributed by atoms with E-state index >= 15 is 0 Å². The van der Waals surface area contributed by atoms with Gasteiger partial charge in [0.05, 0.1) is 17.1 Å². The van der Waals surface area contributed by atoms with E-state index in [-0.39, 0.29) is 16.5 Å². The Morgan fingerprint density at radius 1 is 1.17 bits per heavy atom. The number of hydrogen-bond acceptors (Lipinski definition) is 4. The predicted molar refractivity (Wildman–Crippen MR) is 90.5 cm³/mol. The fraction of sp³-hybridized carbons (Fsp3) is 0.250. The second-order valence-corrected chi connectivity index (χ2v) is 7.61. The van der Waals surface area contributed by atoms with Gasteiger partial charge in [0, 0.05) is 17.6 Å². The lowest BCUT2D eigenvalue weighted by atomic mass is 9.93. The summed E-state index contributed by atoms with van der Waals surface area (Å²) in [5, 5.41) is 4.88. The van der Waals surface area contributed by atoms with Crippen molar-refractivity contribution >= 4 is 26.7 Å². The minimum absolute atomic E-state index is 0.142. The Labute approximate surface area is 138 Å². The molecule has 7 nitrogen and oxygen atoms in total. The van der Waals surface area contributed by atoms with Gasteiger partial charge >= 0.3 is 0 Å². The van der Waals surface area contributed by atoms with Crippen molar-refractivity contribution in [1.82, 2.24) is 14.8 Å². The number of pyridine rings is 1. The Hall–Kier alpha value is -2.61. The number of hydrogen-bond donors (Lipinski definition) is 2. The van der Waals surface area contributed by atoms with Crippen LogP contribution in [0.5, 0.6) is 0 Å². The van der Waals surface area contributed by atoms with Crippen LogP contribution in [0.1, 0.15) is 25.3 Å². The highest BCUT2D eigenvalue weighted by Gasteiger charge is 2.24. The molecule has 1 fully saturated rings. The molecule has 1 aliphatic carbocycles. The number of fused-ring (bicyclic) bond motifs is 1. The van der Waals surface area contributed by atoms with Crippen molar-refractivity contribution < 1.29 is 8.42 Å². The molecule has 4 rings (SSSR count). The summed E-state index contributed by atoms with van der Waals surface area (Å²) in [6.45, 7) is 0. The molecule has 0 atom stereocenters. The molecule has 0 bridgehead atoms. The van der Waals surface area contributed by atoms with E-state index in [4.69, 9.17) is 0 Å². The number of nitrogens with one attached hydrogen (secondary N) is 2. The van der Waals surface area contributed by atoms with E-state index in [1.165, 1.54) is 18.2 Å². The summed E-state index contributed by atoms with van der Waals surface area (Å²) in [4.78, 5) is 14.1. The molecule has 8 heteroatoms. The highest BCUT2D eigenvalue weighted by atomic mass is 32.2. The lowest BCUT2D eigenvalue weighted by molar-refractivity contribution is 0.293. The Kier molecular flexibility index (Phi) is 3.42. The molecule has 0 aliphatic heterocycles. The van der Waals surface area contributed by atoms with Crippen molar-refractivity contribution in [3.63, 3.8) is 0 Å². The van der Waals surface area contributed by atoms with Crippen LogP contribution in [0.15, 0.2) is 52.3 Å². The number of aromatic amines is 1. The van der Waals surface area contributed by atoms with E-state index in [0.29, 0.717) is 16.7 Å². The van der Waals surface area contributed by atoms with E-state index < -0.39 is 10.0 Å². The van der Waals surface area contributed by atoms with Gasteiger partial charge in [0.25, 0.3) is 10.0 Å².